The van der Waals surface area contributed by atoms with Crippen LogP contribution >= 0.6 is 0 Å². The Morgan fingerprint density at radius 3 is 2.36 bits per heavy atom. The number of hydrogen-bond acceptors (Lipinski definition) is 7. The molecule has 0 aliphatic carbocycles. The number of carbonyl (C=O) groups is 3. The largest absolute Gasteiger partial charge is 0.490 e. The Morgan fingerprint density at radius 1 is 1.06 bits per heavy atom. The average molecular weight is 659 g/mol. The first kappa shape index (κ1) is 34.9. The van der Waals surface area contributed by atoms with E-state index in [9.17, 15) is 32.9 Å². The molecule has 252 valence electrons. The van der Waals surface area contributed by atoms with Gasteiger partial charge in [0.1, 0.15) is 12.2 Å². The van der Waals surface area contributed by atoms with Gasteiger partial charge >= 0.3 is 12.1 Å². The average Bonchev–Trinajstić information content (AvgIpc) is 3.55. The molecule has 0 spiro atoms. The van der Waals surface area contributed by atoms with E-state index in [4.69, 9.17) is 9.90 Å². The molecular formula is C32H37F3N6O6. The number of aromatic nitrogens is 2. The van der Waals surface area contributed by atoms with Crippen molar-refractivity contribution in [2.75, 3.05) is 24.5 Å². The summed E-state index contributed by atoms with van der Waals surface area (Å²) in [6.07, 6.45) is 3.57. The summed E-state index contributed by atoms with van der Waals surface area (Å²) in [5.41, 5.74) is 2.12. The number of nitro benzene ring substituents is 1. The van der Waals surface area contributed by atoms with Crippen molar-refractivity contribution >= 4 is 29.2 Å². The summed E-state index contributed by atoms with van der Waals surface area (Å²) in [5, 5.41) is 18.7. The molecule has 2 aromatic carbocycles. The fourth-order valence-corrected chi connectivity index (χ4v) is 5.93. The van der Waals surface area contributed by atoms with Gasteiger partial charge in [0.15, 0.2) is 0 Å². The van der Waals surface area contributed by atoms with Crippen LogP contribution in [0.5, 0.6) is 0 Å². The Kier molecular flexibility index (Phi) is 11.2. The second-order valence-corrected chi connectivity index (χ2v) is 11.7. The fraction of sp³-hybridized carbons (Fsp3) is 0.438. The van der Waals surface area contributed by atoms with E-state index in [1.807, 2.05) is 47.7 Å². The summed E-state index contributed by atoms with van der Waals surface area (Å²) in [6, 6.07) is 14.2. The van der Waals surface area contributed by atoms with Crippen molar-refractivity contribution in [2.24, 2.45) is 5.92 Å². The molecule has 2 aliphatic heterocycles. The molecule has 0 bridgehead atoms. The summed E-state index contributed by atoms with van der Waals surface area (Å²) in [7, 11) is 0. The number of hydrogen-bond donors (Lipinski definition) is 1. The molecule has 0 saturated carbocycles. The van der Waals surface area contributed by atoms with Gasteiger partial charge in [-0.2, -0.15) is 13.2 Å². The highest BCUT2D eigenvalue weighted by Gasteiger charge is 2.50. The van der Waals surface area contributed by atoms with Gasteiger partial charge in [-0.05, 0) is 43.2 Å². The first-order valence-electron chi connectivity index (χ1n) is 15.3. The van der Waals surface area contributed by atoms with Gasteiger partial charge in [-0.25, -0.2) is 9.78 Å². The molecule has 1 unspecified atom stereocenters. The number of unbranched alkanes of at least 4 members (excludes halogenated alkanes) is 1. The second-order valence-electron chi connectivity index (χ2n) is 11.7. The zero-order valence-electron chi connectivity index (χ0n) is 26.0. The Balaban J connectivity index is 0.000000644. The maximum absolute atomic E-state index is 13.9. The fourth-order valence-electron chi connectivity index (χ4n) is 5.93. The van der Waals surface area contributed by atoms with Crippen molar-refractivity contribution in [3.05, 3.63) is 88.5 Å². The van der Waals surface area contributed by atoms with Crippen LogP contribution in [0.1, 0.15) is 49.0 Å². The number of halogens is 3. The molecule has 12 nitrogen and oxygen atoms in total. The number of rotatable bonds is 11. The zero-order chi connectivity index (χ0) is 34.3. The van der Waals surface area contributed by atoms with Gasteiger partial charge < -0.3 is 24.4 Å². The molecule has 1 saturated heterocycles. The number of aryl methyl sites for hydroxylation is 2. The number of benzene rings is 2. The van der Waals surface area contributed by atoms with E-state index >= 15 is 0 Å². The molecule has 2 amide bonds. The maximum Gasteiger partial charge on any atom is 0.490 e. The van der Waals surface area contributed by atoms with Gasteiger partial charge in [0.2, 0.25) is 5.91 Å². The van der Waals surface area contributed by atoms with E-state index < -0.39 is 23.1 Å². The van der Waals surface area contributed by atoms with E-state index in [-0.39, 0.29) is 35.1 Å². The maximum atomic E-state index is 13.9. The number of carbonyl (C=O) groups excluding carboxylic acids is 2. The monoisotopic (exact) mass is 658 g/mol. The first-order valence-corrected chi connectivity index (χ1v) is 15.3. The molecular weight excluding hydrogens is 621 g/mol. The highest BCUT2D eigenvalue weighted by atomic mass is 19.4. The lowest BCUT2D eigenvalue weighted by Gasteiger charge is -2.54. The number of anilines is 1. The van der Waals surface area contributed by atoms with Crippen molar-refractivity contribution in [1.29, 1.82) is 0 Å². The number of nitrogens with zero attached hydrogens (tertiary/aromatic N) is 6. The number of aliphatic carboxylic acids is 1. The quantitative estimate of drug-likeness (QED) is 0.173. The number of carboxylic acids is 1. The Morgan fingerprint density at radius 2 is 1.77 bits per heavy atom. The van der Waals surface area contributed by atoms with E-state index in [0.29, 0.717) is 25.3 Å². The molecule has 3 heterocycles. The summed E-state index contributed by atoms with van der Waals surface area (Å²) in [5.74, 6) is -3.23. The molecule has 3 aromatic rings. The van der Waals surface area contributed by atoms with Crippen molar-refractivity contribution in [3.8, 4) is 0 Å². The van der Waals surface area contributed by atoms with Gasteiger partial charge in [0, 0.05) is 44.2 Å². The second kappa shape index (κ2) is 15.1. The predicted octanol–water partition coefficient (Wildman–Crippen LogP) is 4.99. The summed E-state index contributed by atoms with van der Waals surface area (Å²) in [4.78, 5) is 57.5. The topological polar surface area (TPSA) is 142 Å². The minimum atomic E-state index is -5.08. The van der Waals surface area contributed by atoms with Crippen LogP contribution in [0.25, 0.3) is 0 Å². The van der Waals surface area contributed by atoms with Crippen LogP contribution in [-0.4, -0.2) is 85.2 Å². The zero-order valence-corrected chi connectivity index (χ0v) is 26.0. The summed E-state index contributed by atoms with van der Waals surface area (Å²) >= 11 is 0. The van der Waals surface area contributed by atoms with Gasteiger partial charge in [0.25, 0.3) is 11.6 Å². The number of nitro groups is 1. The lowest BCUT2D eigenvalue weighted by molar-refractivity contribution is -0.384. The van der Waals surface area contributed by atoms with Crippen LogP contribution in [0.2, 0.25) is 0 Å². The van der Waals surface area contributed by atoms with E-state index in [0.717, 1.165) is 32.2 Å². The van der Waals surface area contributed by atoms with Crippen molar-refractivity contribution < 1.29 is 37.6 Å². The Bertz CT molecular complexity index is 1550. The SMILES string of the molecule is CC(C)[C@H]1C(=O)N(CCCCc2ccccc2)CC2N(CCCn3ccnc3)c3ccc([N+](=O)[O-])cc3C(=O)N21.O=C(O)C(F)(F)F. The van der Waals surface area contributed by atoms with Crippen LogP contribution in [0.3, 0.4) is 0 Å². The van der Waals surface area contributed by atoms with Crippen molar-refractivity contribution in [3.63, 3.8) is 0 Å². The Hall–Kier alpha value is -4.95. The summed E-state index contributed by atoms with van der Waals surface area (Å²) in [6.45, 7) is 6.31. The standard InChI is InChI=1S/C30H36N6O4.C2HF3O2/c1-22(2)28-30(38)33(16-7-6-11-23-9-4-3-5-10-23)20-27-34(17-8-15-32-18-14-31-21-32)26-13-12-24(36(39)40)19-25(26)29(37)35(27)28;3-2(4,5)1(6)7/h3-5,9-10,12-14,18-19,21-22,27-28H,6-8,11,15-17,20H2,1-2H3;(H,6,7)/t27?,28-;/m0./s1. The number of amides is 2. The lowest BCUT2D eigenvalue weighted by atomic mass is 9.92. The van der Waals surface area contributed by atoms with Crippen LogP contribution in [0.4, 0.5) is 24.5 Å². The number of fused-ring (bicyclic) bond motifs is 2. The van der Waals surface area contributed by atoms with Crippen LogP contribution < -0.4 is 4.90 Å². The third kappa shape index (κ3) is 8.45. The molecule has 2 atom stereocenters. The molecule has 47 heavy (non-hydrogen) atoms. The van der Waals surface area contributed by atoms with Crippen LogP contribution in [-0.2, 0) is 22.6 Å². The molecule has 0 radical (unpaired) electrons. The predicted molar refractivity (Wildman–Crippen MR) is 166 cm³/mol. The number of imidazole rings is 1. The molecule has 5 rings (SSSR count). The molecule has 1 aromatic heterocycles. The smallest absolute Gasteiger partial charge is 0.475 e. The van der Waals surface area contributed by atoms with Crippen molar-refractivity contribution in [2.45, 2.75) is 64.5 Å². The molecule has 2 aliphatic rings. The molecule has 1 N–H and O–H groups in total. The highest BCUT2D eigenvalue weighted by Crippen LogP contribution is 2.38. The van der Waals surface area contributed by atoms with Crippen LogP contribution in [0, 0.1) is 16.0 Å². The molecule has 15 heteroatoms. The lowest BCUT2D eigenvalue weighted by Crippen LogP contribution is -2.71. The number of non-ortho nitro benzene ring substituents is 1. The van der Waals surface area contributed by atoms with Crippen molar-refractivity contribution in [1.82, 2.24) is 19.4 Å². The number of carboxylic acid groups (broad SMARTS) is 1. The normalized spacial score (nSPS) is 17.6. The number of piperazine rings is 1. The Labute approximate surface area is 269 Å². The van der Waals surface area contributed by atoms with Crippen LogP contribution in [0.15, 0.2) is 67.3 Å². The third-order valence-corrected chi connectivity index (χ3v) is 8.13. The van der Waals surface area contributed by atoms with Gasteiger partial charge in [-0.1, -0.05) is 44.2 Å². The minimum absolute atomic E-state index is 0.0495. The highest BCUT2D eigenvalue weighted by molar-refractivity contribution is 6.05. The number of alkyl halides is 3. The van der Waals surface area contributed by atoms with Gasteiger partial charge in [0.05, 0.1) is 29.0 Å². The molecule has 1 fully saturated rings. The summed E-state index contributed by atoms with van der Waals surface area (Å²) < 4.78 is 33.7. The van der Waals surface area contributed by atoms with E-state index in [2.05, 4.69) is 22.0 Å². The van der Waals surface area contributed by atoms with E-state index in [1.54, 1.807) is 23.5 Å². The first-order chi connectivity index (χ1) is 22.3. The van der Waals surface area contributed by atoms with E-state index in [1.165, 1.54) is 17.7 Å². The van der Waals surface area contributed by atoms with Gasteiger partial charge in [-0.15, -0.1) is 0 Å². The third-order valence-electron chi connectivity index (χ3n) is 8.13. The minimum Gasteiger partial charge on any atom is -0.475 e. The van der Waals surface area contributed by atoms with Gasteiger partial charge in [-0.3, -0.25) is 19.7 Å².